The smallest absolute Gasteiger partial charge is 0.108 e. The molecule has 0 fully saturated rings. The van der Waals surface area contributed by atoms with Crippen LogP contribution < -0.4 is 0 Å². The van der Waals surface area contributed by atoms with Gasteiger partial charge in [-0.3, -0.25) is 6.08 Å². The van der Waals surface area contributed by atoms with E-state index in [1.165, 1.54) is 11.8 Å². The number of hydrogen-bond acceptors (Lipinski definition) is 0. The van der Waals surface area contributed by atoms with Crippen molar-refractivity contribution in [1.82, 2.24) is 4.98 Å². The molecule has 0 bridgehead atoms. The second kappa shape index (κ2) is 32.8. The Morgan fingerprint density at radius 3 is 1.55 bits per heavy atom. The van der Waals surface area contributed by atoms with Crippen molar-refractivity contribution in [3.63, 3.8) is 0 Å². The zero-order chi connectivity index (χ0) is 16.2. The van der Waals surface area contributed by atoms with Crippen LogP contribution in [0.15, 0.2) is 36.6 Å². The van der Waals surface area contributed by atoms with Crippen molar-refractivity contribution in [1.29, 1.82) is 0 Å². The van der Waals surface area contributed by atoms with Gasteiger partial charge in [0.15, 0.2) is 0 Å². The van der Waals surface area contributed by atoms with Gasteiger partial charge in [-0.05, 0) is 0 Å². The molecule has 1 aromatic heterocycles. The Bertz CT molecular complexity index is 255. The minimum atomic E-state index is 0. The second-order valence-corrected chi connectivity index (χ2v) is 4.82. The molecule has 0 amide bonds. The number of allylic oxidation sites excluding steroid dienone is 4. The van der Waals surface area contributed by atoms with Crippen molar-refractivity contribution in [2.24, 2.45) is 0 Å². The van der Waals surface area contributed by atoms with Gasteiger partial charge in [0.2, 0.25) is 0 Å². The van der Waals surface area contributed by atoms with Crippen molar-refractivity contribution in [2.75, 3.05) is 0 Å². The largest absolute Gasteiger partial charge is 0.484 e. The van der Waals surface area contributed by atoms with Gasteiger partial charge < -0.3 is 16.8 Å². The van der Waals surface area contributed by atoms with Crippen LogP contribution in [0.5, 0.6) is 0 Å². The first-order chi connectivity index (χ1) is 9.46. The molecule has 0 aromatic carbocycles. The Hall–Kier alpha value is -0.0757. The van der Waals surface area contributed by atoms with Gasteiger partial charge in [-0.25, -0.2) is 12.2 Å². The van der Waals surface area contributed by atoms with E-state index in [-0.39, 0.29) is 24.8 Å². The normalized spacial score (nSPS) is 9.23. The number of rotatable bonds is 0. The Morgan fingerprint density at radius 2 is 1.45 bits per heavy atom. The fourth-order valence-electron chi connectivity index (χ4n) is 0.581. The summed E-state index contributed by atoms with van der Waals surface area (Å²) in [7, 11) is 0. The maximum Gasteiger partial charge on any atom is -0.108 e. The van der Waals surface area contributed by atoms with Crippen molar-refractivity contribution >= 4 is 29.6 Å². The molecule has 0 spiro atoms. The summed E-state index contributed by atoms with van der Waals surface area (Å²) in [6.45, 7) is 12.5. The molecule has 0 atom stereocenters. The zero-order valence-corrected chi connectivity index (χ0v) is 17.9. The molecule has 0 saturated heterocycles. The topological polar surface area (TPSA) is 15.8 Å². The van der Waals surface area contributed by atoms with Gasteiger partial charge in [0.25, 0.3) is 0 Å². The van der Waals surface area contributed by atoms with Crippen molar-refractivity contribution < 1.29 is 20.0 Å². The summed E-state index contributed by atoms with van der Waals surface area (Å²) in [5.41, 5.74) is 0. The van der Waals surface area contributed by atoms with Gasteiger partial charge in [0, 0.05) is 0 Å². The molecule has 1 N–H and O–H groups in total. The molecule has 22 heavy (non-hydrogen) atoms. The number of aromatic nitrogens is 1. The Kier molecular flexibility index (Phi) is 49.9. The summed E-state index contributed by atoms with van der Waals surface area (Å²) in [6.07, 6.45) is 14.6. The number of aromatic amines is 1. The van der Waals surface area contributed by atoms with Gasteiger partial charge in [-0.1, -0.05) is 0 Å². The van der Waals surface area contributed by atoms with Gasteiger partial charge in [-0.15, -0.1) is 37.4 Å². The van der Waals surface area contributed by atoms with Gasteiger partial charge in [0.1, 0.15) is 0 Å². The number of H-pyrrole nitrogens is 1. The molecule has 130 valence electrons. The van der Waals surface area contributed by atoms with Crippen LogP contribution in [-0.2, 0) is 20.0 Å². The molecule has 0 radical (unpaired) electrons. The van der Waals surface area contributed by atoms with Crippen molar-refractivity contribution in [3.8, 4) is 0 Å². The minimum absolute atomic E-state index is 0. The molecule has 4 heteroatoms. The monoisotopic (exact) mass is 379 g/mol. The fraction of sp³-hybridized carbons (Fsp3) is 0.389. The first kappa shape index (κ1) is 33.5. The standard InChI is InChI=1S/C5H5.C4H4N.2C4H9.CH2.2ClH.Ti/c2*1-2-4-5-3-1;2*1-4(2)3;;;;/h1-3H,4H2;1-3,5H;2*1-3H3;1H2;2*1H;/q4*-1;;;;. The average Bonchev–Trinajstić information content (AvgIpc) is 3.09. The molecule has 1 aromatic rings. The van der Waals surface area contributed by atoms with Crippen LogP contribution in [0.1, 0.15) is 48.0 Å². The van der Waals surface area contributed by atoms with E-state index < -0.39 is 0 Å². The number of hydrogen-bond donors (Lipinski definition) is 1. The van der Waals surface area contributed by atoms with E-state index in [2.05, 4.69) is 69.7 Å². The van der Waals surface area contributed by atoms with Crippen LogP contribution >= 0.6 is 24.8 Å². The molecular weight excluding hydrogens is 349 g/mol. The summed E-state index contributed by atoms with van der Waals surface area (Å²) in [5, 5.41) is 0. The third-order valence-corrected chi connectivity index (χ3v) is 1.03. The van der Waals surface area contributed by atoms with E-state index in [4.69, 9.17) is 0 Å². The van der Waals surface area contributed by atoms with Gasteiger partial charge in [0.05, 0.1) is 0 Å². The summed E-state index contributed by atoms with van der Waals surface area (Å²) in [6, 6.07) is 3.71. The number of halogens is 2. The molecule has 1 heterocycles. The summed E-state index contributed by atoms with van der Waals surface area (Å²) in [5.74, 6) is 2.83. The minimum Gasteiger partial charge on any atom is -0.484 e. The maximum atomic E-state index is 3.25. The molecule has 2 rings (SSSR count). The second-order valence-electron chi connectivity index (χ2n) is 4.82. The summed E-state index contributed by atoms with van der Waals surface area (Å²) < 4.78 is 0. The van der Waals surface area contributed by atoms with E-state index in [0.717, 1.165) is 6.42 Å². The van der Waals surface area contributed by atoms with E-state index in [1.807, 2.05) is 30.5 Å². The van der Waals surface area contributed by atoms with Crippen LogP contribution in [0, 0.1) is 24.1 Å². The van der Waals surface area contributed by atoms with E-state index in [1.54, 1.807) is 20.0 Å². The van der Waals surface area contributed by atoms with Crippen LogP contribution in [0.25, 0.3) is 0 Å². The van der Waals surface area contributed by atoms with Gasteiger partial charge in [-0.2, -0.15) is 65.9 Å². The molecule has 0 unspecified atom stereocenters. The predicted octanol–water partition coefficient (Wildman–Crippen LogP) is 6.17. The first-order valence-corrected chi connectivity index (χ1v) is 7.67. The molecular formula is C18H31Cl2NTi-4. The average molecular weight is 380 g/mol. The molecule has 0 aliphatic heterocycles. The van der Waals surface area contributed by atoms with Gasteiger partial charge >= 0.3 is 24.8 Å². The molecule has 1 aliphatic carbocycles. The summed E-state index contributed by atoms with van der Waals surface area (Å²) in [4.78, 5) is 5.99. The zero-order valence-electron chi connectivity index (χ0n) is 14.7. The number of nitrogens with one attached hydrogen (secondary N) is 1. The third kappa shape index (κ3) is 72.4. The Morgan fingerprint density at radius 1 is 1.00 bits per heavy atom. The SMILES string of the molecule is C[C-](C)C.C[C-](C)C.Cl.Cl.[C-]1=CC=CC1.[CH2]=[Ti].[c-]1ccc[nH]1. The Labute approximate surface area is 162 Å². The Balaban J connectivity index is -0.0000000551. The predicted molar refractivity (Wildman–Crippen MR) is 103 cm³/mol. The molecule has 1 nitrogen and oxygen atoms in total. The van der Waals surface area contributed by atoms with Crippen molar-refractivity contribution in [2.45, 2.75) is 48.0 Å². The van der Waals surface area contributed by atoms with Crippen LogP contribution in [0.4, 0.5) is 0 Å². The van der Waals surface area contributed by atoms with E-state index in [9.17, 15) is 0 Å². The maximum absolute atomic E-state index is 3.25. The third-order valence-electron chi connectivity index (χ3n) is 1.03. The van der Waals surface area contributed by atoms with E-state index in [0.29, 0.717) is 0 Å². The molecule has 1 aliphatic rings. The van der Waals surface area contributed by atoms with Crippen LogP contribution in [0.2, 0.25) is 0 Å². The first-order valence-electron chi connectivity index (χ1n) is 6.56. The quantitative estimate of drug-likeness (QED) is 0.409. The van der Waals surface area contributed by atoms with Crippen LogP contribution in [0.3, 0.4) is 0 Å². The summed E-state index contributed by atoms with van der Waals surface area (Å²) >= 11 is 1.75. The fourth-order valence-corrected chi connectivity index (χ4v) is 0.581. The van der Waals surface area contributed by atoms with Crippen LogP contribution in [-0.4, -0.2) is 9.80 Å². The molecule has 0 saturated carbocycles. The van der Waals surface area contributed by atoms with E-state index >= 15 is 0 Å². The van der Waals surface area contributed by atoms with Crippen molar-refractivity contribution in [3.05, 3.63) is 60.7 Å².